The van der Waals surface area contributed by atoms with Crippen molar-refractivity contribution in [2.75, 3.05) is 0 Å². The topological polar surface area (TPSA) is 0 Å². The first kappa shape index (κ1) is 19.1. The highest BCUT2D eigenvalue weighted by molar-refractivity contribution is 5.24. The van der Waals surface area contributed by atoms with Crippen molar-refractivity contribution in [1.29, 1.82) is 0 Å². The lowest BCUT2D eigenvalue weighted by Gasteiger charge is -2.45. The monoisotopic (exact) mass is 480 g/mol. The molecule has 0 spiro atoms. The Kier molecular flexibility index (Phi) is 3.05. The molecule has 0 heterocycles. The minimum absolute atomic E-state index is 1.20. The molecule has 13 aliphatic rings. The average molecular weight is 481 g/mol. The van der Waals surface area contributed by atoms with Crippen LogP contribution >= 0.6 is 0 Å². The summed E-state index contributed by atoms with van der Waals surface area (Å²) >= 11 is 0. The largest absolute Gasteiger partial charge is 0.0470 e. The second-order valence-corrected chi connectivity index (χ2v) is 18.9. The van der Waals surface area contributed by atoms with Crippen molar-refractivity contribution in [3.63, 3.8) is 0 Å². The van der Waals surface area contributed by atoms with Crippen molar-refractivity contribution in [2.45, 2.75) is 77.0 Å². The molecule has 13 rings (SSSR count). The van der Waals surface area contributed by atoms with E-state index in [9.17, 15) is 0 Å². The van der Waals surface area contributed by atoms with Gasteiger partial charge < -0.3 is 0 Å². The normalized spacial score (nSPS) is 80.0. The van der Waals surface area contributed by atoms with Gasteiger partial charge in [0.2, 0.25) is 0 Å². The Labute approximate surface area is 218 Å². The van der Waals surface area contributed by atoms with E-state index in [0.29, 0.717) is 0 Å². The maximum absolute atomic E-state index is 1.72. The van der Waals surface area contributed by atoms with Crippen molar-refractivity contribution in [1.82, 2.24) is 0 Å². The lowest BCUT2D eigenvalue weighted by molar-refractivity contribution is 0.0202. The molecule has 13 aliphatic carbocycles. The third-order valence-electron chi connectivity index (χ3n) is 19.1. The van der Waals surface area contributed by atoms with Gasteiger partial charge in [0, 0.05) is 0 Å². The molecular weight excluding hydrogens is 432 g/mol. The van der Waals surface area contributed by atoms with Crippen LogP contribution < -0.4 is 0 Å². The molecular formula is C36H48. The Morgan fingerprint density at radius 1 is 0.139 bits per heavy atom. The zero-order valence-electron chi connectivity index (χ0n) is 22.3. The molecule has 0 heteroatoms. The molecule has 0 aromatic carbocycles. The van der Waals surface area contributed by atoms with Crippen molar-refractivity contribution >= 4 is 0 Å². The lowest BCUT2D eigenvalue weighted by Crippen LogP contribution is -2.41. The molecule has 0 aromatic heterocycles. The van der Waals surface area contributed by atoms with Crippen molar-refractivity contribution in [2.24, 2.45) is 142 Å². The van der Waals surface area contributed by atoms with E-state index in [-0.39, 0.29) is 0 Å². The second kappa shape index (κ2) is 5.73. The summed E-state index contributed by atoms with van der Waals surface area (Å²) in [5, 5.41) is 0. The van der Waals surface area contributed by atoms with Crippen LogP contribution in [0.15, 0.2) is 0 Å². The van der Waals surface area contributed by atoms with Crippen molar-refractivity contribution in [3.8, 4) is 0 Å². The van der Waals surface area contributed by atoms with Gasteiger partial charge in [-0.3, -0.25) is 0 Å². The third-order valence-corrected chi connectivity index (χ3v) is 19.1. The molecule has 36 heavy (non-hydrogen) atoms. The Morgan fingerprint density at radius 3 is 0.306 bits per heavy atom. The lowest BCUT2D eigenvalue weighted by atomic mass is 9.60. The van der Waals surface area contributed by atoms with E-state index >= 15 is 0 Å². The smallest absolute Gasteiger partial charge is 0.0318 e. The molecule has 0 atom stereocenters. The van der Waals surface area contributed by atoms with Crippen molar-refractivity contribution < 1.29 is 0 Å². The summed E-state index contributed by atoms with van der Waals surface area (Å²) in [5.41, 5.74) is 0. The highest BCUT2D eigenvalue weighted by Gasteiger charge is 2.76. The van der Waals surface area contributed by atoms with E-state index in [2.05, 4.69) is 0 Å². The minimum Gasteiger partial charge on any atom is -0.0470 e. The number of hydrogen-bond acceptors (Lipinski definition) is 0. The van der Waals surface area contributed by atoms with Gasteiger partial charge in [0.05, 0.1) is 0 Å². The average Bonchev–Trinajstić information content (AvgIpc) is 3.58. The van der Waals surface area contributed by atoms with Crippen LogP contribution in [0, 0.1) is 142 Å². The summed E-state index contributed by atoms with van der Waals surface area (Å²) in [5.74, 6) is 29.3. The van der Waals surface area contributed by atoms with E-state index in [0.717, 1.165) is 0 Å². The molecule has 13 fully saturated rings. The van der Waals surface area contributed by atoms with Gasteiger partial charge in [-0.25, -0.2) is 0 Å². The molecule has 0 aromatic rings. The maximum atomic E-state index is 1.72. The first-order valence-electron chi connectivity index (χ1n) is 17.8. The predicted molar refractivity (Wildman–Crippen MR) is 139 cm³/mol. The highest BCUT2D eigenvalue weighted by Crippen LogP contribution is 2.82. The molecule has 0 amide bonds. The summed E-state index contributed by atoms with van der Waals surface area (Å²) in [7, 11) is 0. The Bertz CT molecular complexity index is 725. The van der Waals surface area contributed by atoms with Crippen LogP contribution in [0.3, 0.4) is 0 Å². The quantitative estimate of drug-likeness (QED) is 0.334. The second-order valence-electron chi connectivity index (χ2n) is 18.9. The van der Waals surface area contributed by atoms with Crippen LogP contribution in [-0.4, -0.2) is 0 Å². The molecule has 0 unspecified atom stereocenters. The van der Waals surface area contributed by atoms with Gasteiger partial charge in [0.1, 0.15) is 0 Å². The summed E-state index contributed by atoms with van der Waals surface area (Å²) < 4.78 is 0. The first-order valence-corrected chi connectivity index (χ1v) is 17.8. The van der Waals surface area contributed by atoms with Gasteiger partial charge in [0.25, 0.3) is 0 Å². The van der Waals surface area contributed by atoms with Gasteiger partial charge >= 0.3 is 0 Å². The third kappa shape index (κ3) is 1.79. The van der Waals surface area contributed by atoms with Crippen LogP contribution in [0.25, 0.3) is 0 Å². The highest BCUT2D eigenvalue weighted by atomic mass is 14.8. The fraction of sp³-hybridized carbons (Fsp3) is 1.00. The van der Waals surface area contributed by atoms with E-state index in [4.69, 9.17) is 0 Å². The van der Waals surface area contributed by atoms with Gasteiger partial charge in [-0.1, -0.05) is 0 Å². The molecule has 0 nitrogen and oxygen atoms in total. The molecule has 0 N–H and O–H groups in total. The zero-order valence-corrected chi connectivity index (χ0v) is 22.3. The van der Waals surface area contributed by atoms with Crippen molar-refractivity contribution in [3.05, 3.63) is 0 Å². The molecule has 0 saturated heterocycles. The summed E-state index contributed by atoms with van der Waals surface area (Å²) in [6, 6.07) is 0. The van der Waals surface area contributed by atoms with Gasteiger partial charge in [0.15, 0.2) is 0 Å². The maximum Gasteiger partial charge on any atom is -0.0318 e. The molecule has 0 bridgehead atoms. The Morgan fingerprint density at radius 2 is 0.222 bits per heavy atom. The van der Waals surface area contributed by atoms with Crippen LogP contribution in [-0.2, 0) is 0 Å². The molecule has 192 valence electrons. The predicted octanol–water partition coefficient (Wildman–Crippen LogP) is 7.63. The minimum atomic E-state index is 1.20. The molecule has 0 radical (unpaired) electrons. The fourth-order valence-electron chi connectivity index (χ4n) is 20.2. The summed E-state index contributed by atoms with van der Waals surface area (Å²) in [4.78, 5) is 0. The van der Waals surface area contributed by atoms with Gasteiger partial charge in [-0.2, -0.15) is 0 Å². The van der Waals surface area contributed by atoms with Crippen LogP contribution in [0.1, 0.15) is 77.0 Å². The molecule has 0 aliphatic heterocycles. The summed E-state index contributed by atoms with van der Waals surface area (Å²) in [6.45, 7) is 0. The molecule has 13 saturated carbocycles. The summed E-state index contributed by atoms with van der Waals surface area (Å²) in [6.07, 6.45) is 20.7. The van der Waals surface area contributed by atoms with E-state index in [1.165, 1.54) is 142 Å². The Hall–Kier alpha value is 0. The van der Waals surface area contributed by atoms with E-state index in [1.54, 1.807) is 77.0 Å². The zero-order chi connectivity index (χ0) is 22.3. The van der Waals surface area contributed by atoms with E-state index in [1.807, 2.05) is 0 Å². The fourth-order valence-corrected chi connectivity index (χ4v) is 20.2. The number of rotatable bonds is 0. The van der Waals surface area contributed by atoms with Gasteiger partial charge in [-0.15, -0.1) is 0 Å². The van der Waals surface area contributed by atoms with Crippen LogP contribution in [0.2, 0.25) is 0 Å². The van der Waals surface area contributed by atoms with Crippen LogP contribution in [0.4, 0.5) is 0 Å². The number of hydrogen-bond donors (Lipinski definition) is 0. The van der Waals surface area contributed by atoms with E-state index < -0.39 is 0 Å². The van der Waals surface area contributed by atoms with Crippen LogP contribution in [0.5, 0.6) is 0 Å². The Balaban J connectivity index is 1.05. The standard InChI is InChI=1S/C36H48/c1-13-2-15-4-17-6-19-8-21-10-23-12-24-11-22-9-20-7-18-5-16-3-14(1)26-25(13)27(15)29(17)31(19)33(21)35(23)36(24)34(22)32(20)30(18)28(16)26/h13-36H,1-12H2. The first-order chi connectivity index (χ1) is 17.8. The SMILES string of the molecule is C1C2CC3CC4CC5CC6CC7CC8CC9CC%10CC%11CC%12CC1C1C2C3C4C5C6C7C8C9C%10C%11C%121. The van der Waals surface area contributed by atoms with Gasteiger partial charge in [-0.05, 0) is 219 Å².